The van der Waals surface area contributed by atoms with Gasteiger partial charge in [0.05, 0.1) is 19.5 Å². The van der Waals surface area contributed by atoms with Gasteiger partial charge in [-0.15, -0.1) is 0 Å². The molecule has 198 valence electrons. The highest BCUT2D eigenvalue weighted by molar-refractivity contribution is 5.18. The molecule has 0 amide bonds. The summed E-state index contributed by atoms with van der Waals surface area (Å²) in [7, 11) is 0. The van der Waals surface area contributed by atoms with Crippen LogP contribution in [0.15, 0.2) is 42.7 Å². The zero-order chi connectivity index (χ0) is 24.8. The Morgan fingerprint density at radius 3 is 1.60 bits per heavy atom. The minimum Gasteiger partial charge on any atom is -0.234 e. The summed E-state index contributed by atoms with van der Waals surface area (Å²) in [6.45, 7) is 6.94. The summed E-state index contributed by atoms with van der Waals surface area (Å²) in [5.41, 5.74) is 1.43. The molecule has 35 heavy (non-hydrogen) atoms. The molecule has 1 aromatic carbocycles. The number of rotatable bonds is 23. The number of hydrogen-bond acceptors (Lipinski definition) is 0. The first kappa shape index (κ1) is 29.7. The molecule has 0 saturated carbocycles. The van der Waals surface area contributed by atoms with Crippen LogP contribution in [0.5, 0.6) is 0 Å². The van der Waals surface area contributed by atoms with E-state index in [-0.39, 0.29) is 0 Å². The van der Waals surface area contributed by atoms with Crippen LogP contribution in [-0.2, 0) is 19.5 Å². The Morgan fingerprint density at radius 1 is 0.571 bits per heavy atom. The van der Waals surface area contributed by atoms with E-state index >= 15 is 0 Å². The smallest absolute Gasteiger partial charge is 0.234 e. The summed E-state index contributed by atoms with van der Waals surface area (Å²) in [6.07, 6.45) is 32.3. The van der Waals surface area contributed by atoms with Crippen LogP contribution in [0.4, 0.5) is 0 Å². The fourth-order valence-electron chi connectivity index (χ4n) is 5.25. The lowest BCUT2D eigenvalue weighted by atomic mass is 10.1. The first-order valence-corrected chi connectivity index (χ1v) is 15.5. The maximum atomic E-state index is 2.55. The molecule has 2 heteroatoms. The van der Waals surface area contributed by atoms with Crippen molar-refractivity contribution in [3.8, 4) is 0 Å². The molecule has 1 heterocycles. The van der Waals surface area contributed by atoms with Crippen molar-refractivity contribution in [1.82, 2.24) is 4.57 Å². The Labute approximate surface area is 218 Å². The Hall–Kier alpha value is -1.57. The largest absolute Gasteiger partial charge is 0.260 e. The van der Waals surface area contributed by atoms with Gasteiger partial charge >= 0.3 is 0 Å². The maximum Gasteiger partial charge on any atom is 0.260 e. The summed E-state index contributed by atoms with van der Waals surface area (Å²) >= 11 is 0. The molecule has 2 aromatic rings. The maximum absolute atomic E-state index is 2.55. The second-order valence-corrected chi connectivity index (χ2v) is 10.8. The average Bonchev–Trinajstić information content (AvgIpc) is 3.25. The fourth-order valence-corrected chi connectivity index (χ4v) is 5.25. The third-order valence-corrected chi connectivity index (χ3v) is 7.55. The molecule has 0 saturated heterocycles. The number of aromatic nitrogens is 2. The minimum absolute atomic E-state index is 1.04. The summed E-state index contributed by atoms with van der Waals surface area (Å²) in [5.74, 6) is 1.49. The van der Waals surface area contributed by atoms with Crippen molar-refractivity contribution in [3.63, 3.8) is 0 Å². The highest BCUT2D eigenvalue weighted by Gasteiger charge is 2.17. The van der Waals surface area contributed by atoms with Crippen molar-refractivity contribution in [2.45, 2.75) is 155 Å². The first-order chi connectivity index (χ1) is 17.3. The van der Waals surface area contributed by atoms with E-state index in [1.165, 1.54) is 146 Å². The molecule has 0 radical (unpaired) electrons. The molecular weight excluding hydrogens is 424 g/mol. The second kappa shape index (κ2) is 20.6. The molecule has 0 aliphatic carbocycles. The predicted octanol–water partition coefficient (Wildman–Crippen LogP) is 9.82. The average molecular weight is 482 g/mol. The Kier molecular flexibility index (Phi) is 17.5. The number of hydrogen-bond donors (Lipinski definition) is 0. The van der Waals surface area contributed by atoms with Gasteiger partial charge in [-0.1, -0.05) is 140 Å². The highest BCUT2D eigenvalue weighted by Crippen LogP contribution is 2.14. The van der Waals surface area contributed by atoms with Crippen LogP contribution in [0.1, 0.15) is 147 Å². The Bertz CT molecular complexity index is 718. The summed E-state index contributed by atoms with van der Waals surface area (Å²) in [6, 6.07) is 11.0. The van der Waals surface area contributed by atoms with E-state index < -0.39 is 0 Å². The van der Waals surface area contributed by atoms with Crippen molar-refractivity contribution >= 4 is 0 Å². The third-order valence-electron chi connectivity index (χ3n) is 7.55. The van der Waals surface area contributed by atoms with E-state index in [9.17, 15) is 0 Å². The van der Waals surface area contributed by atoms with Crippen LogP contribution >= 0.6 is 0 Å². The van der Waals surface area contributed by atoms with Gasteiger partial charge in [-0.05, 0) is 31.2 Å². The lowest BCUT2D eigenvalue weighted by Crippen LogP contribution is -2.37. The third kappa shape index (κ3) is 13.9. The summed E-state index contributed by atoms with van der Waals surface area (Å²) in [5, 5.41) is 0. The van der Waals surface area contributed by atoms with Gasteiger partial charge in [0.15, 0.2) is 0 Å². The van der Waals surface area contributed by atoms with E-state index in [0.29, 0.717) is 0 Å². The number of aryl methyl sites for hydroxylation is 2. The second-order valence-electron chi connectivity index (χ2n) is 10.8. The van der Waals surface area contributed by atoms with Crippen LogP contribution in [0.25, 0.3) is 0 Å². The van der Waals surface area contributed by atoms with Gasteiger partial charge in [0, 0.05) is 0 Å². The SMILES string of the molecule is CCCCCCCCCCCCn1cc[n+](CCCCCCCCCCC)c1Cc1ccccc1. The first-order valence-electron chi connectivity index (χ1n) is 15.5. The van der Waals surface area contributed by atoms with Crippen LogP contribution in [0, 0.1) is 0 Å². The molecule has 1 aromatic heterocycles. The predicted molar refractivity (Wildman–Crippen MR) is 153 cm³/mol. The molecule has 0 unspecified atom stereocenters. The Morgan fingerprint density at radius 2 is 1.06 bits per heavy atom. The number of imidazole rings is 1. The van der Waals surface area contributed by atoms with Crippen molar-refractivity contribution in [2.24, 2.45) is 0 Å². The Balaban J connectivity index is 1.72. The minimum atomic E-state index is 1.04. The van der Waals surface area contributed by atoms with Gasteiger partial charge < -0.3 is 0 Å². The van der Waals surface area contributed by atoms with Crippen molar-refractivity contribution in [1.29, 1.82) is 0 Å². The monoisotopic (exact) mass is 481 g/mol. The molecule has 0 spiro atoms. The van der Waals surface area contributed by atoms with Gasteiger partial charge in [-0.25, -0.2) is 9.13 Å². The van der Waals surface area contributed by atoms with Gasteiger partial charge in [-0.3, -0.25) is 0 Å². The molecule has 0 bridgehead atoms. The van der Waals surface area contributed by atoms with Gasteiger partial charge in [0.25, 0.3) is 5.82 Å². The van der Waals surface area contributed by atoms with E-state index in [1.54, 1.807) is 0 Å². The van der Waals surface area contributed by atoms with Gasteiger partial charge in [-0.2, -0.15) is 0 Å². The van der Waals surface area contributed by atoms with Crippen molar-refractivity contribution in [2.75, 3.05) is 0 Å². The van der Waals surface area contributed by atoms with Gasteiger partial charge in [0.1, 0.15) is 12.4 Å². The molecule has 0 N–H and O–H groups in total. The van der Waals surface area contributed by atoms with Crippen molar-refractivity contribution in [3.05, 3.63) is 54.1 Å². The van der Waals surface area contributed by atoms with Crippen LogP contribution < -0.4 is 4.57 Å². The molecule has 0 atom stereocenters. The number of unbranched alkanes of at least 4 members (excludes halogenated alkanes) is 17. The zero-order valence-corrected chi connectivity index (χ0v) is 23.5. The summed E-state index contributed by atoms with van der Waals surface area (Å²) < 4.78 is 5.09. The number of nitrogens with zero attached hydrogens (tertiary/aromatic N) is 2. The van der Waals surface area contributed by atoms with Crippen LogP contribution in [0.2, 0.25) is 0 Å². The van der Waals surface area contributed by atoms with Crippen LogP contribution in [-0.4, -0.2) is 4.57 Å². The lowest BCUT2D eigenvalue weighted by Gasteiger charge is -2.07. The normalized spacial score (nSPS) is 11.4. The number of benzene rings is 1. The molecule has 0 aliphatic heterocycles. The topological polar surface area (TPSA) is 8.81 Å². The lowest BCUT2D eigenvalue weighted by molar-refractivity contribution is -0.703. The summed E-state index contributed by atoms with van der Waals surface area (Å²) in [4.78, 5) is 0. The molecule has 2 rings (SSSR count). The van der Waals surface area contributed by atoms with E-state index in [4.69, 9.17) is 0 Å². The van der Waals surface area contributed by atoms with E-state index in [1.807, 2.05) is 0 Å². The van der Waals surface area contributed by atoms with E-state index in [2.05, 4.69) is 65.7 Å². The quantitative estimate of drug-likeness (QED) is 0.110. The fraction of sp³-hybridized carbons (Fsp3) is 0.727. The molecular formula is C33H57N2+. The van der Waals surface area contributed by atoms with Crippen LogP contribution in [0.3, 0.4) is 0 Å². The van der Waals surface area contributed by atoms with E-state index in [0.717, 1.165) is 6.42 Å². The molecule has 2 nitrogen and oxygen atoms in total. The zero-order valence-electron chi connectivity index (χ0n) is 23.5. The molecule has 0 fully saturated rings. The standard InChI is InChI=1S/C33H57N2/c1-3-5-7-9-11-13-15-17-19-24-28-35-30-29-34(33(35)31-32-25-21-20-22-26-32)27-23-18-16-14-12-10-8-6-4-2/h20-22,25-26,29-30H,3-19,23-24,27-28,31H2,1-2H3/q+1. The van der Waals surface area contributed by atoms with Gasteiger partial charge in [0.2, 0.25) is 0 Å². The highest BCUT2D eigenvalue weighted by atomic mass is 15.1. The molecule has 0 aliphatic rings. The van der Waals surface area contributed by atoms with Crippen molar-refractivity contribution < 1.29 is 4.57 Å².